The molecule has 180 valence electrons. The average molecular weight is 485 g/mol. The number of carboxylic acid groups (broad SMARTS) is 1. The molecule has 2 N–H and O–H groups in total. The fraction of sp³-hybridized carbons (Fsp3) is 0.143. The van der Waals surface area contributed by atoms with Crippen molar-refractivity contribution in [1.29, 1.82) is 0 Å². The van der Waals surface area contributed by atoms with E-state index in [9.17, 15) is 14.7 Å². The van der Waals surface area contributed by atoms with Crippen LogP contribution in [0.3, 0.4) is 0 Å². The Hall–Kier alpha value is -4.12. The molecule has 1 atom stereocenters. The monoisotopic (exact) mass is 485 g/mol. The second-order valence-electron chi connectivity index (χ2n) is 8.58. The Morgan fingerprint density at radius 3 is 2.57 bits per heavy atom. The summed E-state index contributed by atoms with van der Waals surface area (Å²) in [6.07, 6.45) is 0.555. The van der Waals surface area contributed by atoms with Gasteiger partial charge in [0.05, 0.1) is 35.3 Å². The summed E-state index contributed by atoms with van der Waals surface area (Å²) in [6.45, 7) is 2.46. The van der Waals surface area contributed by atoms with Crippen LogP contribution >= 0.6 is 0 Å². The number of fused-ring (bicyclic) bond motifs is 1. The number of carbonyl (C=O) groups is 1. The third-order valence-electron chi connectivity index (χ3n) is 6.26. The summed E-state index contributed by atoms with van der Waals surface area (Å²) in [4.78, 5) is 28.6. The van der Waals surface area contributed by atoms with Crippen LogP contribution in [0, 0.1) is 0 Å². The molecule has 0 radical (unpaired) electrons. The molecular formula is C28H24LiN5O3. The molecule has 0 aliphatic carbocycles. The Balaban J connectivity index is 0.00000320. The number of carbonyl (C=O) groups excluding carboxylic acids is 1. The van der Waals surface area contributed by atoms with E-state index in [0.29, 0.717) is 30.2 Å². The Morgan fingerprint density at radius 2 is 1.78 bits per heavy atom. The van der Waals surface area contributed by atoms with E-state index in [1.807, 2.05) is 60.0 Å². The topological polar surface area (TPSA) is 119 Å². The van der Waals surface area contributed by atoms with Crippen molar-refractivity contribution in [1.82, 2.24) is 19.3 Å². The Morgan fingerprint density at radius 1 is 1.00 bits per heavy atom. The first-order chi connectivity index (χ1) is 17.4. The van der Waals surface area contributed by atoms with Crippen molar-refractivity contribution < 1.29 is 28.8 Å². The number of aromatic carboxylic acids is 1. The molecule has 0 amide bonds. The molecule has 5 aromatic rings. The molecule has 8 nitrogen and oxygen atoms in total. The van der Waals surface area contributed by atoms with Crippen LogP contribution in [0.2, 0.25) is 0 Å². The smallest absolute Gasteiger partial charge is 0.545 e. The number of benzene rings is 3. The van der Waals surface area contributed by atoms with E-state index in [4.69, 9.17) is 5.73 Å². The Labute approximate surface area is 225 Å². The van der Waals surface area contributed by atoms with Gasteiger partial charge in [-0.3, -0.25) is 4.79 Å². The second-order valence-corrected chi connectivity index (χ2v) is 8.58. The fourth-order valence-corrected chi connectivity index (χ4v) is 4.50. The van der Waals surface area contributed by atoms with Crippen molar-refractivity contribution in [3.63, 3.8) is 0 Å². The molecule has 0 saturated carbocycles. The molecule has 5 rings (SSSR count). The van der Waals surface area contributed by atoms with Crippen LogP contribution in [0.1, 0.15) is 40.9 Å². The van der Waals surface area contributed by atoms with Gasteiger partial charge >= 0.3 is 18.9 Å². The first-order valence-electron chi connectivity index (χ1n) is 11.7. The minimum absolute atomic E-state index is 0. The fourth-order valence-electron chi connectivity index (χ4n) is 4.50. The molecule has 1 unspecified atom stereocenters. The van der Waals surface area contributed by atoms with Gasteiger partial charge < -0.3 is 20.2 Å². The number of para-hydroxylation sites is 2. The quantitative estimate of drug-likeness (QED) is 0.330. The van der Waals surface area contributed by atoms with Crippen molar-refractivity contribution in [3.8, 4) is 11.3 Å². The van der Waals surface area contributed by atoms with Gasteiger partial charge in [-0.25, -0.2) is 9.67 Å². The molecule has 0 aliphatic heterocycles. The molecule has 0 spiro atoms. The number of imidazole rings is 1. The third kappa shape index (κ3) is 5.21. The zero-order valence-electron chi connectivity index (χ0n) is 20.7. The molecule has 0 bridgehead atoms. The van der Waals surface area contributed by atoms with Gasteiger partial charge in [-0.2, -0.15) is 5.10 Å². The van der Waals surface area contributed by atoms with Crippen LogP contribution in [0.15, 0.2) is 89.7 Å². The zero-order chi connectivity index (χ0) is 25.2. The number of aromatic nitrogens is 4. The SMILES string of the molecule is CCC(c1cccc(C(=O)[O-])c1)n1nc(-c2cccc(Cn3c(N)nc4ccccc43)c2)ccc1=O.[Li+]. The molecule has 0 fully saturated rings. The number of nitrogens with two attached hydrogens (primary N) is 1. The predicted molar refractivity (Wildman–Crippen MR) is 136 cm³/mol. The van der Waals surface area contributed by atoms with E-state index in [2.05, 4.69) is 10.1 Å². The summed E-state index contributed by atoms with van der Waals surface area (Å²) in [5, 5.41) is 16.0. The van der Waals surface area contributed by atoms with Crippen LogP contribution < -0.4 is 35.3 Å². The zero-order valence-corrected chi connectivity index (χ0v) is 20.7. The van der Waals surface area contributed by atoms with Gasteiger partial charge in [0, 0.05) is 11.6 Å². The largest absolute Gasteiger partial charge is 1.00 e. The molecule has 2 heterocycles. The maximum absolute atomic E-state index is 12.8. The van der Waals surface area contributed by atoms with Gasteiger partial charge in [0.25, 0.3) is 5.56 Å². The van der Waals surface area contributed by atoms with Crippen molar-refractivity contribution in [2.75, 3.05) is 5.73 Å². The summed E-state index contributed by atoms with van der Waals surface area (Å²) in [7, 11) is 0. The van der Waals surface area contributed by atoms with E-state index in [0.717, 1.165) is 22.2 Å². The number of anilines is 1. The number of nitrogen functional groups attached to an aromatic ring is 1. The van der Waals surface area contributed by atoms with E-state index in [1.54, 1.807) is 18.2 Å². The van der Waals surface area contributed by atoms with Gasteiger partial charge in [-0.1, -0.05) is 55.5 Å². The van der Waals surface area contributed by atoms with Crippen LogP contribution in [0.5, 0.6) is 0 Å². The first-order valence-corrected chi connectivity index (χ1v) is 11.7. The Kier molecular flexibility index (Phi) is 7.63. The molecular weight excluding hydrogens is 461 g/mol. The van der Waals surface area contributed by atoms with Crippen LogP contribution in [-0.2, 0) is 6.54 Å². The van der Waals surface area contributed by atoms with Crippen LogP contribution in [0.25, 0.3) is 22.3 Å². The van der Waals surface area contributed by atoms with Crippen molar-refractivity contribution in [2.45, 2.75) is 25.9 Å². The average Bonchev–Trinajstić information content (AvgIpc) is 3.20. The van der Waals surface area contributed by atoms with E-state index in [-0.39, 0.29) is 30.0 Å². The van der Waals surface area contributed by atoms with Gasteiger partial charge in [0.2, 0.25) is 5.95 Å². The van der Waals surface area contributed by atoms with Gasteiger partial charge in [0.15, 0.2) is 0 Å². The maximum Gasteiger partial charge on any atom is 1.00 e. The molecule has 37 heavy (non-hydrogen) atoms. The summed E-state index contributed by atoms with van der Waals surface area (Å²) in [5.74, 6) is -0.818. The van der Waals surface area contributed by atoms with Crippen molar-refractivity contribution in [2.24, 2.45) is 0 Å². The summed E-state index contributed by atoms with van der Waals surface area (Å²) in [6, 6.07) is 24.9. The van der Waals surface area contributed by atoms with Crippen LogP contribution in [0.4, 0.5) is 5.95 Å². The van der Waals surface area contributed by atoms with Crippen molar-refractivity contribution in [3.05, 3.63) is 112 Å². The maximum atomic E-state index is 12.8. The molecule has 3 aromatic carbocycles. The number of nitrogens with zero attached hydrogens (tertiary/aromatic N) is 4. The van der Waals surface area contributed by atoms with Gasteiger partial charge in [-0.15, -0.1) is 0 Å². The summed E-state index contributed by atoms with van der Waals surface area (Å²) < 4.78 is 3.37. The minimum atomic E-state index is -1.26. The number of hydrogen-bond donors (Lipinski definition) is 1. The van der Waals surface area contributed by atoms with E-state index in [1.165, 1.54) is 22.9 Å². The predicted octanol–water partition coefficient (Wildman–Crippen LogP) is 0.257. The Bertz CT molecular complexity index is 1640. The normalized spacial score (nSPS) is 11.7. The number of hydrogen-bond acceptors (Lipinski definition) is 6. The molecule has 9 heteroatoms. The third-order valence-corrected chi connectivity index (χ3v) is 6.26. The van der Waals surface area contributed by atoms with Gasteiger partial charge in [-0.05, 0) is 53.4 Å². The van der Waals surface area contributed by atoms with E-state index >= 15 is 0 Å². The van der Waals surface area contributed by atoms with Gasteiger partial charge in [0.1, 0.15) is 0 Å². The minimum Gasteiger partial charge on any atom is -0.545 e. The summed E-state index contributed by atoms with van der Waals surface area (Å²) >= 11 is 0. The van der Waals surface area contributed by atoms with Crippen molar-refractivity contribution >= 4 is 23.0 Å². The molecule has 0 saturated heterocycles. The second kappa shape index (κ2) is 10.9. The molecule has 2 aromatic heterocycles. The number of rotatable bonds is 7. The summed E-state index contributed by atoms with van der Waals surface area (Å²) in [5.41, 5.74) is 11.0. The van der Waals surface area contributed by atoms with E-state index < -0.39 is 12.0 Å². The standard InChI is InChI=1S/C28H25N5O3.Li/c1-2-24(20-9-6-10-21(16-20)27(35)36)33-26(34)14-13-22(31-33)19-8-5-7-18(15-19)17-32-25-12-4-3-11-23(25)30-28(32)29;/h3-16,24H,2,17H2,1H3,(H2,29,30)(H,35,36);/q;+1/p-1. The number of carboxylic acids is 1. The molecule has 0 aliphatic rings. The first kappa shape index (κ1) is 26.0. The van der Waals surface area contributed by atoms with Crippen LogP contribution in [-0.4, -0.2) is 25.3 Å².